The van der Waals surface area contributed by atoms with Gasteiger partial charge in [-0.1, -0.05) is 19.3 Å². The Kier molecular flexibility index (Phi) is 12.9. The van der Waals surface area contributed by atoms with E-state index in [1.807, 2.05) is 0 Å². The first-order chi connectivity index (χ1) is 14.3. The minimum Gasteiger partial charge on any atom is -0.381 e. The van der Waals surface area contributed by atoms with Gasteiger partial charge in [-0.3, -0.25) is 9.89 Å². The van der Waals surface area contributed by atoms with Crippen LogP contribution in [0.5, 0.6) is 0 Å². The van der Waals surface area contributed by atoms with Crippen LogP contribution in [-0.4, -0.2) is 88.3 Å². The second-order valence-corrected chi connectivity index (χ2v) is 8.54. The highest BCUT2D eigenvalue weighted by Gasteiger charge is 2.38. The average Bonchev–Trinajstić information content (AvgIpc) is 2.79. The van der Waals surface area contributed by atoms with E-state index in [2.05, 4.69) is 22.5 Å². The number of guanidine groups is 1. The molecule has 0 bridgehead atoms. The highest BCUT2D eigenvalue weighted by molar-refractivity contribution is 14.0. The molecule has 7 nitrogen and oxygen atoms in total. The lowest BCUT2D eigenvalue weighted by atomic mass is 9.80. The lowest BCUT2D eigenvalue weighted by molar-refractivity contribution is -0.0334. The number of hydrogen-bond acceptors (Lipinski definition) is 5. The van der Waals surface area contributed by atoms with Crippen molar-refractivity contribution >= 4 is 29.9 Å². The molecule has 176 valence electrons. The molecule has 2 saturated heterocycles. The Morgan fingerprint density at radius 3 is 2.43 bits per heavy atom. The smallest absolute Gasteiger partial charge is 0.191 e. The molecule has 2 aliphatic heterocycles. The van der Waals surface area contributed by atoms with Gasteiger partial charge in [0.05, 0.1) is 25.9 Å². The zero-order valence-corrected chi connectivity index (χ0v) is 21.2. The van der Waals surface area contributed by atoms with Crippen molar-refractivity contribution in [3.8, 4) is 0 Å². The Labute approximate surface area is 200 Å². The summed E-state index contributed by atoms with van der Waals surface area (Å²) in [6.07, 6.45) is 9.95. The maximum absolute atomic E-state index is 5.98. The van der Waals surface area contributed by atoms with Crippen LogP contribution < -0.4 is 10.6 Å². The van der Waals surface area contributed by atoms with E-state index in [1.165, 1.54) is 32.1 Å². The van der Waals surface area contributed by atoms with Gasteiger partial charge in [-0.15, -0.1) is 24.0 Å². The molecule has 3 aliphatic rings. The van der Waals surface area contributed by atoms with Crippen molar-refractivity contribution in [2.45, 2.75) is 69.9 Å². The fourth-order valence-electron chi connectivity index (χ4n) is 4.76. The Balaban J connectivity index is 0.00000320. The van der Waals surface area contributed by atoms with Crippen molar-refractivity contribution in [1.29, 1.82) is 0 Å². The highest BCUT2D eigenvalue weighted by atomic mass is 127. The monoisotopic (exact) mass is 538 g/mol. The van der Waals surface area contributed by atoms with E-state index in [0.29, 0.717) is 6.10 Å². The number of halogens is 1. The van der Waals surface area contributed by atoms with Gasteiger partial charge in [-0.05, 0) is 39.0 Å². The topological polar surface area (TPSA) is 67.4 Å². The zero-order chi connectivity index (χ0) is 20.2. The van der Waals surface area contributed by atoms with E-state index >= 15 is 0 Å². The summed E-state index contributed by atoms with van der Waals surface area (Å²) in [5.41, 5.74) is 0.219. The lowest BCUT2D eigenvalue weighted by Gasteiger charge is -2.47. The molecule has 0 amide bonds. The van der Waals surface area contributed by atoms with Crippen LogP contribution in [0.25, 0.3) is 0 Å². The molecule has 0 aromatic carbocycles. The zero-order valence-electron chi connectivity index (χ0n) is 18.8. The fraction of sp³-hybridized carbons (Fsp3) is 0.955. The molecule has 1 aliphatic carbocycles. The van der Waals surface area contributed by atoms with Crippen molar-refractivity contribution in [2.75, 3.05) is 65.8 Å². The van der Waals surface area contributed by atoms with Gasteiger partial charge in [0.2, 0.25) is 0 Å². The highest BCUT2D eigenvalue weighted by Crippen LogP contribution is 2.34. The number of nitrogens with zero attached hydrogens (tertiary/aromatic N) is 2. The summed E-state index contributed by atoms with van der Waals surface area (Å²) in [4.78, 5) is 7.68. The summed E-state index contributed by atoms with van der Waals surface area (Å²) in [6.45, 7) is 11.1. The summed E-state index contributed by atoms with van der Waals surface area (Å²) in [5, 5.41) is 6.93. The van der Waals surface area contributed by atoms with Crippen LogP contribution in [-0.2, 0) is 14.2 Å². The normalized spacial score (nSPS) is 23.6. The average molecular weight is 539 g/mol. The number of aliphatic imine (C=N–C) groups is 1. The van der Waals surface area contributed by atoms with Gasteiger partial charge in [0.1, 0.15) is 0 Å². The third kappa shape index (κ3) is 8.41. The van der Waals surface area contributed by atoms with Crippen LogP contribution in [0.2, 0.25) is 0 Å². The molecule has 0 aromatic heterocycles. The van der Waals surface area contributed by atoms with Crippen molar-refractivity contribution < 1.29 is 14.2 Å². The quantitative estimate of drug-likeness (QED) is 0.204. The minimum absolute atomic E-state index is 0. The molecule has 30 heavy (non-hydrogen) atoms. The van der Waals surface area contributed by atoms with Crippen molar-refractivity contribution in [1.82, 2.24) is 15.5 Å². The number of morpholine rings is 1. The Morgan fingerprint density at radius 2 is 1.73 bits per heavy atom. The molecule has 1 saturated carbocycles. The summed E-state index contributed by atoms with van der Waals surface area (Å²) in [7, 11) is 0. The molecule has 8 heteroatoms. The number of nitrogens with one attached hydrogen (secondary N) is 2. The maximum atomic E-state index is 5.98. The first-order valence-corrected chi connectivity index (χ1v) is 11.9. The summed E-state index contributed by atoms with van der Waals surface area (Å²) in [5.74, 6) is 0.941. The van der Waals surface area contributed by atoms with Crippen molar-refractivity contribution in [3.63, 3.8) is 0 Å². The van der Waals surface area contributed by atoms with Crippen LogP contribution >= 0.6 is 24.0 Å². The molecule has 0 radical (unpaired) electrons. The molecule has 3 rings (SSSR count). The second-order valence-electron chi connectivity index (χ2n) is 8.54. The van der Waals surface area contributed by atoms with Gasteiger partial charge in [0.25, 0.3) is 0 Å². The molecule has 0 unspecified atom stereocenters. The Hall–Kier alpha value is -0.160. The first-order valence-electron chi connectivity index (χ1n) is 11.9. The Morgan fingerprint density at radius 1 is 1.03 bits per heavy atom. The van der Waals surface area contributed by atoms with E-state index in [-0.39, 0.29) is 29.5 Å². The van der Waals surface area contributed by atoms with Gasteiger partial charge in [0.15, 0.2) is 5.96 Å². The molecule has 0 atom stereocenters. The number of rotatable bonds is 9. The molecule has 0 spiro atoms. The van der Waals surface area contributed by atoms with Gasteiger partial charge >= 0.3 is 0 Å². The summed E-state index contributed by atoms with van der Waals surface area (Å²) >= 11 is 0. The van der Waals surface area contributed by atoms with Crippen LogP contribution in [0, 0.1) is 0 Å². The summed E-state index contributed by atoms with van der Waals surface area (Å²) < 4.78 is 17.0. The van der Waals surface area contributed by atoms with E-state index < -0.39 is 0 Å². The molecule has 0 aromatic rings. The maximum Gasteiger partial charge on any atom is 0.191 e. The molecule has 3 fully saturated rings. The van der Waals surface area contributed by atoms with Gasteiger partial charge in [-0.2, -0.15) is 0 Å². The minimum atomic E-state index is 0. The van der Waals surface area contributed by atoms with E-state index in [4.69, 9.17) is 19.2 Å². The van der Waals surface area contributed by atoms with E-state index in [1.54, 1.807) is 0 Å². The van der Waals surface area contributed by atoms with Gasteiger partial charge in [-0.25, -0.2) is 0 Å². The van der Waals surface area contributed by atoms with Crippen LogP contribution in [0.4, 0.5) is 0 Å². The summed E-state index contributed by atoms with van der Waals surface area (Å²) in [6, 6.07) is 0. The van der Waals surface area contributed by atoms with Crippen molar-refractivity contribution in [3.05, 3.63) is 0 Å². The number of hydrogen-bond donors (Lipinski definition) is 2. The lowest BCUT2D eigenvalue weighted by Crippen LogP contribution is -2.56. The third-order valence-electron chi connectivity index (χ3n) is 6.48. The predicted octanol–water partition coefficient (Wildman–Crippen LogP) is 2.78. The van der Waals surface area contributed by atoms with E-state index in [0.717, 1.165) is 91.0 Å². The van der Waals surface area contributed by atoms with Crippen LogP contribution in [0.15, 0.2) is 4.99 Å². The van der Waals surface area contributed by atoms with Gasteiger partial charge in [0, 0.05) is 51.5 Å². The number of ether oxygens (including phenoxy) is 3. The standard InChI is InChI=1S/C22H42N4O3.HI/c1-2-23-21(24-11-6-14-29-20-7-15-27-16-8-20)25-19-22(9-4-3-5-10-22)26-12-17-28-18-13-26;/h20H,2-19H2,1H3,(H2,23,24,25);1H. The van der Waals surface area contributed by atoms with Gasteiger partial charge < -0.3 is 24.8 Å². The fourth-order valence-corrected chi connectivity index (χ4v) is 4.76. The molecule has 2 heterocycles. The van der Waals surface area contributed by atoms with Crippen LogP contribution in [0.1, 0.15) is 58.3 Å². The van der Waals surface area contributed by atoms with E-state index in [9.17, 15) is 0 Å². The first kappa shape index (κ1) is 26.1. The predicted molar refractivity (Wildman–Crippen MR) is 132 cm³/mol. The second kappa shape index (κ2) is 14.8. The third-order valence-corrected chi connectivity index (χ3v) is 6.48. The molecular formula is C22H43IN4O3. The largest absolute Gasteiger partial charge is 0.381 e. The van der Waals surface area contributed by atoms with Crippen molar-refractivity contribution in [2.24, 2.45) is 4.99 Å². The molecular weight excluding hydrogens is 495 g/mol. The SMILES string of the molecule is CCNC(=NCC1(N2CCOCC2)CCCCC1)NCCCOC1CCOCC1.I. The Bertz CT molecular complexity index is 477. The van der Waals surface area contributed by atoms with Crippen LogP contribution in [0.3, 0.4) is 0 Å². The molecule has 2 N–H and O–H groups in total.